The van der Waals surface area contributed by atoms with E-state index in [-0.39, 0.29) is 12.1 Å². The van der Waals surface area contributed by atoms with Gasteiger partial charge in [0.2, 0.25) is 0 Å². The van der Waals surface area contributed by atoms with Crippen molar-refractivity contribution in [3.8, 4) is 17.1 Å². The predicted molar refractivity (Wildman–Crippen MR) is 146 cm³/mol. The van der Waals surface area contributed by atoms with E-state index >= 15 is 0 Å². The Morgan fingerprint density at radius 1 is 1.03 bits per heavy atom. The number of hydrogen-bond acceptors (Lipinski definition) is 6. The molecule has 0 aliphatic carbocycles. The summed E-state index contributed by atoms with van der Waals surface area (Å²) >= 11 is 24.9. The number of pyridine rings is 1. The molecule has 2 aromatic carbocycles. The second kappa shape index (κ2) is 11.1. The van der Waals surface area contributed by atoms with E-state index in [0.29, 0.717) is 43.0 Å². The topological polar surface area (TPSA) is 114 Å². The summed E-state index contributed by atoms with van der Waals surface area (Å²) < 4.78 is 1.54. The number of aromatic amines is 1. The molecule has 0 saturated heterocycles. The van der Waals surface area contributed by atoms with E-state index in [0.717, 1.165) is 11.1 Å². The van der Waals surface area contributed by atoms with Gasteiger partial charge in [-0.3, -0.25) is 4.79 Å². The van der Waals surface area contributed by atoms with Crippen LogP contribution in [0, 0.1) is 0 Å². The lowest BCUT2D eigenvalue weighted by Gasteiger charge is -2.15. The number of tetrazole rings is 1. The number of amides is 1. The predicted octanol–water partition coefficient (Wildman–Crippen LogP) is 6.14. The number of nitrogens with zero attached hydrogens (tertiary/aromatic N) is 6. The minimum absolute atomic E-state index is 0.147. The zero-order valence-corrected chi connectivity index (χ0v) is 22.7. The van der Waals surface area contributed by atoms with E-state index in [2.05, 4.69) is 30.9 Å². The molecule has 2 N–H and O–H groups in total. The van der Waals surface area contributed by atoms with Gasteiger partial charge in [0.25, 0.3) is 5.91 Å². The molecule has 1 amide bonds. The molecule has 0 saturated carbocycles. The quantitative estimate of drug-likeness (QED) is 0.236. The molecule has 0 aliphatic rings. The van der Waals surface area contributed by atoms with Crippen molar-refractivity contribution in [2.75, 3.05) is 0 Å². The molecule has 38 heavy (non-hydrogen) atoms. The molecule has 0 fully saturated rings. The molecular formula is C25H18Cl4N8O. The van der Waals surface area contributed by atoms with Crippen LogP contribution < -0.4 is 5.32 Å². The lowest BCUT2D eigenvalue weighted by molar-refractivity contribution is 0.0933. The molecule has 1 atom stereocenters. The summed E-state index contributed by atoms with van der Waals surface area (Å²) in [5.74, 6) is 0.298. The van der Waals surface area contributed by atoms with Gasteiger partial charge >= 0.3 is 0 Å². The third-order valence-electron chi connectivity index (χ3n) is 5.77. The Labute approximate surface area is 237 Å². The van der Waals surface area contributed by atoms with E-state index in [1.165, 1.54) is 0 Å². The molecule has 9 nitrogen and oxygen atoms in total. The van der Waals surface area contributed by atoms with Crippen molar-refractivity contribution in [1.29, 1.82) is 0 Å². The van der Waals surface area contributed by atoms with Crippen molar-refractivity contribution < 1.29 is 4.79 Å². The largest absolute Gasteiger partial charge is 0.344 e. The SMILES string of the molecule is C[C@@H](NC(=O)c1nn(-c2ncccc2Cl)c(-c2ccc(Cl)cc2)c1Cc1nn[nH]n1)c1ccc(Cl)c(Cl)c1. The van der Waals surface area contributed by atoms with Gasteiger partial charge in [0.1, 0.15) is 0 Å². The van der Waals surface area contributed by atoms with Crippen molar-refractivity contribution in [3.05, 3.63) is 104 Å². The normalized spacial score (nSPS) is 11.9. The van der Waals surface area contributed by atoms with E-state index in [1.54, 1.807) is 53.3 Å². The first-order valence-corrected chi connectivity index (χ1v) is 12.8. The lowest BCUT2D eigenvalue weighted by atomic mass is 10.0. The first-order valence-electron chi connectivity index (χ1n) is 11.3. The maximum Gasteiger partial charge on any atom is 0.272 e. The molecule has 0 radical (unpaired) electrons. The summed E-state index contributed by atoms with van der Waals surface area (Å²) in [4.78, 5) is 18.1. The van der Waals surface area contributed by atoms with Crippen molar-refractivity contribution in [2.24, 2.45) is 0 Å². The fourth-order valence-electron chi connectivity index (χ4n) is 3.94. The molecule has 3 aromatic heterocycles. The Kier molecular flexibility index (Phi) is 7.62. The third kappa shape index (κ3) is 5.37. The number of carbonyl (C=O) groups excluding carboxylic acids is 1. The number of carbonyl (C=O) groups is 1. The second-order valence-electron chi connectivity index (χ2n) is 8.28. The number of rotatable bonds is 7. The average molecular weight is 588 g/mol. The smallest absolute Gasteiger partial charge is 0.272 e. The van der Waals surface area contributed by atoms with Crippen LogP contribution in [0.4, 0.5) is 0 Å². The lowest BCUT2D eigenvalue weighted by Crippen LogP contribution is -2.28. The standard InChI is InChI=1S/C25H18Cl4N8O/c1-13(15-6-9-18(27)20(29)11-15)31-25(38)22-17(12-21-32-35-36-33-21)23(14-4-7-16(26)8-5-14)37(34-22)24-19(28)3-2-10-30-24/h2-11,13H,12H2,1H3,(H,31,38)(H,32,33,35,36)/t13-/m1/s1. The molecule has 5 rings (SSSR count). The van der Waals surface area contributed by atoms with E-state index < -0.39 is 11.9 Å². The monoisotopic (exact) mass is 586 g/mol. The first-order chi connectivity index (χ1) is 18.3. The highest BCUT2D eigenvalue weighted by Gasteiger charge is 2.28. The van der Waals surface area contributed by atoms with Crippen LogP contribution in [0.15, 0.2) is 60.8 Å². The van der Waals surface area contributed by atoms with Gasteiger partial charge in [0.15, 0.2) is 17.3 Å². The number of H-pyrrole nitrogens is 1. The van der Waals surface area contributed by atoms with Crippen LogP contribution in [0.3, 0.4) is 0 Å². The molecule has 13 heteroatoms. The van der Waals surface area contributed by atoms with Gasteiger partial charge in [-0.15, -0.1) is 10.2 Å². The Morgan fingerprint density at radius 2 is 1.82 bits per heavy atom. The Hall–Kier alpha value is -3.50. The van der Waals surface area contributed by atoms with E-state index in [9.17, 15) is 4.79 Å². The van der Waals surface area contributed by atoms with Gasteiger partial charge in [-0.1, -0.05) is 69.8 Å². The third-order valence-corrected chi connectivity index (χ3v) is 7.06. The van der Waals surface area contributed by atoms with Gasteiger partial charge in [0, 0.05) is 28.8 Å². The molecule has 0 bridgehead atoms. The Bertz CT molecular complexity index is 1600. The molecule has 5 aromatic rings. The zero-order chi connectivity index (χ0) is 26.8. The summed E-state index contributed by atoms with van der Waals surface area (Å²) in [6.07, 6.45) is 1.75. The maximum atomic E-state index is 13.7. The fraction of sp³-hybridized carbons (Fsp3) is 0.120. The van der Waals surface area contributed by atoms with E-state index in [4.69, 9.17) is 51.5 Å². The van der Waals surface area contributed by atoms with Crippen molar-refractivity contribution in [3.63, 3.8) is 0 Å². The number of nitrogens with one attached hydrogen (secondary N) is 2. The zero-order valence-electron chi connectivity index (χ0n) is 19.7. The van der Waals surface area contributed by atoms with Gasteiger partial charge in [0.05, 0.1) is 26.8 Å². The molecule has 192 valence electrons. The number of hydrogen-bond donors (Lipinski definition) is 2. The summed E-state index contributed by atoms with van der Waals surface area (Å²) in [7, 11) is 0. The van der Waals surface area contributed by atoms with Gasteiger partial charge in [-0.05, 0) is 48.9 Å². The van der Waals surface area contributed by atoms with Gasteiger partial charge in [-0.25, -0.2) is 9.67 Å². The number of benzene rings is 2. The highest BCUT2D eigenvalue weighted by molar-refractivity contribution is 6.42. The molecule has 0 spiro atoms. The summed E-state index contributed by atoms with van der Waals surface area (Å²) in [5, 5.41) is 23.7. The fourth-order valence-corrected chi connectivity index (χ4v) is 4.57. The van der Waals surface area contributed by atoms with Crippen LogP contribution in [0.2, 0.25) is 20.1 Å². The van der Waals surface area contributed by atoms with Crippen LogP contribution in [-0.2, 0) is 6.42 Å². The summed E-state index contributed by atoms with van der Waals surface area (Å²) in [6, 6.07) is 15.3. The second-order valence-corrected chi connectivity index (χ2v) is 9.93. The van der Waals surface area contributed by atoms with Crippen LogP contribution in [0.5, 0.6) is 0 Å². The minimum atomic E-state index is -0.428. The maximum absolute atomic E-state index is 13.7. The number of aromatic nitrogens is 7. The number of halogens is 4. The highest BCUT2D eigenvalue weighted by Crippen LogP contribution is 2.33. The summed E-state index contributed by atoms with van der Waals surface area (Å²) in [5.41, 5.74) is 2.79. The summed E-state index contributed by atoms with van der Waals surface area (Å²) in [6.45, 7) is 1.84. The van der Waals surface area contributed by atoms with Crippen LogP contribution in [-0.4, -0.2) is 41.3 Å². The van der Waals surface area contributed by atoms with Gasteiger partial charge < -0.3 is 5.32 Å². The molecular weight excluding hydrogens is 570 g/mol. The highest BCUT2D eigenvalue weighted by atomic mass is 35.5. The molecule has 0 aliphatic heterocycles. The first kappa shape index (κ1) is 26.1. The van der Waals surface area contributed by atoms with Crippen LogP contribution in [0.1, 0.15) is 40.4 Å². The van der Waals surface area contributed by atoms with Crippen molar-refractivity contribution >= 4 is 52.3 Å². The minimum Gasteiger partial charge on any atom is -0.344 e. The van der Waals surface area contributed by atoms with Crippen molar-refractivity contribution in [1.82, 2.24) is 40.7 Å². The van der Waals surface area contributed by atoms with Crippen molar-refractivity contribution in [2.45, 2.75) is 19.4 Å². The Morgan fingerprint density at radius 3 is 2.50 bits per heavy atom. The van der Waals surface area contributed by atoms with Gasteiger partial charge in [-0.2, -0.15) is 10.3 Å². The van der Waals surface area contributed by atoms with E-state index in [1.807, 2.05) is 19.1 Å². The van der Waals surface area contributed by atoms with Crippen LogP contribution >= 0.6 is 46.4 Å². The average Bonchev–Trinajstić information content (AvgIpc) is 3.55. The van der Waals surface area contributed by atoms with Crippen LogP contribution in [0.25, 0.3) is 17.1 Å². The Balaban J connectivity index is 1.65. The molecule has 3 heterocycles. The molecule has 0 unspecified atom stereocenters.